The van der Waals surface area contributed by atoms with E-state index in [-0.39, 0.29) is 5.91 Å². The number of likely N-dealkylation sites (N-methyl/N-ethyl adjacent to an activating group) is 1. The molecular formula is C26H29ClN4O2. The summed E-state index contributed by atoms with van der Waals surface area (Å²) in [5, 5.41) is 3.34. The van der Waals surface area contributed by atoms with Gasteiger partial charge in [-0.2, -0.15) is 0 Å². The predicted molar refractivity (Wildman–Crippen MR) is 132 cm³/mol. The lowest BCUT2D eigenvalue weighted by molar-refractivity contribution is 0.102. The molecule has 1 N–H and O–H groups in total. The van der Waals surface area contributed by atoms with Gasteiger partial charge in [0.05, 0.1) is 10.7 Å². The number of halogens is 1. The first-order valence-corrected chi connectivity index (χ1v) is 11.7. The molecule has 0 saturated carbocycles. The van der Waals surface area contributed by atoms with Crippen LogP contribution in [-0.2, 0) is 13.2 Å². The number of pyridine rings is 1. The molecule has 0 atom stereocenters. The quantitative estimate of drug-likeness (QED) is 0.523. The third-order valence-corrected chi connectivity index (χ3v) is 6.12. The van der Waals surface area contributed by atoms with Crippen LogP contribution in [-0.4, -0.2) is 53.4 Å². The van der Waals surface area contributed by atoms with Crippen molar-refractivity contribution in [2.45, 2.75) is 20.1 Å². The zero-order valence-corrected chi connectivity index (χ0v) is 19.6. The number of carbonyl (C=O) groups is 1. The van der Waals surface area contributed by atoms with E-state index in [4.69, 9.17) is 16.3 Å². The minimum absolute atomic E-state index is 0.170. The number of anilines is 1. The Bertz CT molecular complexity index is 1050. The van der Waals surface area contributed by atoms with Gasteiger partial charge in [0.15, 0.2) is 0 Å². The van der Waals surface area contributed by atoms with Crippen molar-refractivity contribution in [3.05, 3.63) is 88.7 Å². The Morgan fingerprint density at radius 1 is 1.03 bits per heavy atom. The van der Waals surface area contributed by atoms with Crippen LogP contribution in [0.15, 0.2) is 66.9 Å². The minimum atomic E-state index is -0.170. The fourth-order valence-corrected chi connectivity index (χ4v) is 4.05. The molecule has 172 valence electrons. The lowest BCUT2D eigenvalue weighted by Crippen LogP contribution is -2.45. The highest BCUT2D eigenvalue weighted by atomic mass is 35.5. The van der Waals surface area contributed by atoms with Gasteiger partial charge < -0.3 is 15.0 Å². The van der Waals surface area contributed by atoms with Crippen LogP contribution in [0.2, 0.25) is 5.02 Å². The monoisotopic (exact) mass is 464 g/mol. The maximum absolute atomic E-state index is 12.7. The van der Waals surface area contributed by atoms with Gasteiger partial charge in [-0.05, 0) is 54.6 Å². The molecule has 0 radical (unpaired) electrons. The summed E-state index contributed by atoms with van der Waals surface area (Å²) in [6, 6.07) is 18.7. The van der Waals surface area contributed by atoms with Crippen LogP contribution < -0.4 is 10.1 Å². The van der Waals surface area contributed by atoms with Crippen LogP contribution in [0.4, 0.5) is 5.69 Å². The minimum Gasteiger partial charge on any atom is -0.486 e. The Morgan fingerprint density at radius 2 is 1.79 bits per heavy atom. The number of amides is 1. The summed E-state index contributed by atoms with van der Waals surface area (Å²) >= 11 is 6.35. The van der Waals surface area contributed by atoms with Crippen molar-refractivity contribution in [1.29, 1.82) is 0 Å². The molecular weight excluding hydrogens is 436 g/mol. The van der Waals surface area contributed by atoms with Gasteiger partial charge in [0, 0.05) is 50.2 Å². The second kappa shape index (κ2) is 11.3. The van der Waals surface area contributed by atoms with E-state index in [1.54, 1.807) is 24.4 Å². The maximum atomic E-state index is 12.7. The van der Waals surface area contributed by atoms with Crippen molar-refractivity contribution in [1.82, 2.24) is 14.8 Å². The number of piperazine rings is 1. The molecule has 1 amide bonds. The summed E-state index contributed by atoms with van der Waals surface area (Å²) in [7, 11) is 0. The van der Waals surface area contributed by atoms with Gasteiger partial charge in [-0.3, -0.25) is 14.7 Å². The first-order chi connectivity index (χ1) is 16.1. The largest absolute Gasteiger partial charge is 0.486 e. The summed E-state index contributed by atoms with van der Waals surface area (Å²) in [5.74, 6) is 0.376. The van der Waals surface area contributed by atoms with Crippen molar-refractivity contribution in [2.75, 3.05) is 38.0 Å². The topological polar surface area (TPSA) is 57.7 Å². The molecule has 0 aliphatic carbocycles. The smallest absolute Gasteiger partial charge is 0.255 e. The molecule has 4 rings (SSSR count). The summed E-state index contributed by atoms with van der Waals surface area (Å²) in [4.78, 5) is 21.8. The van der Waals surface area contributed by atoms with Crippen LogP contribution in [0.25, 0.3) is 0 Å². The van der Waals surface area contributed by atoms with E-state index in [2.05, 4.69) is 27.0 Å². The summed E-state index contributed by atoms with van der Waals surface area (Å²) in [5.41, 5.74) is 3.26. The van der Waals surface area contributed by atoms with Crippen molar-refractivity contribution in [3.8, 4) is 5.75 Å². The lowest BCUT2D eigenvalue weighted by Gasteiger charge is -2.34. The van der Waals surface area contributed by atoms with E-state index in [0.717, 1.165) is 45.0 Å². The van der Waals surface area contributed by atoms with Crippen LogP contribution in [0.1, 0.15) is 28.5 Å². The van der Waals surface area contributed by atoms with Crippen LogP contribution in [0.3, 0.4) is 0 Å². The Labute approximate surface area is 200 Å². The number of benzene rings is 2. The molecule has 6 nitrogen and oxygen atoms in total. The SMILES string of the molecule is CCN1CCN(Cc2ccc(C(=O)Nc3ccc(OCc4ccccn4)c(Cl)c3)cc2)CC1. The Morgan fingerprint density at radius 3 is 2.45 bits per heavy atom. The Hall–Kier alpha value is -2.93. The van der Waals surface area contributed by atoms with E-state index in [9.17, 15) is 4.79 Å². The molecule has 1 saturated heterocycles. The number of nitrogens with zero attached hydrogens (tertiary/aromatic N) is 3. The third-order valence-electron chi connectivity index (χ3n) is 5.83. The molecule has 33 heavy (non-hydrogen) atoms. The van der Waals surface area contributed by atoms with Crippen molar-refractivity contribution in [2.24, 2.45) is 0 Å². The normalized spacial score (nSPS) is 14.7. The highest BCUT2D eigenvalue weighted by Gasteiger charge is 2.16. The molecule has 1 aromatic heterocycles. The molecule has 7 heteroatoms. The van der Waals surface area contributed by atoms with Gasteiger partial charge in [-0.1, -0.05) is 36.7 Å². The molecule has 1 fully saturated rings. The fourth-order valence-electron chi connectivity index (χ4n) is 3.82. The second-order valence-corrected chi connectivity index (χ2v) is 8.52. The van der Waals surface area contributed by atoms with Crippen molar-refractivity contribution < 1.29 is 9.53 Å². The van der Waals surface area contributed by atoms with Gasteiger partial charge in [0.2, 0.25) is 0 Å². The van der Waals surface area contributed by atoms with E-state index in [1.807, 2.05) is 42.5 Å². The summed E-state index contributed by atoms with van der Waals surface area (Å²) in [6.45, 7) is 8.96. The van der Waals surface area contributed by atoms with E-state index in [0.29, 0.717) is 28.6 Å². The van der Waals surface area contributed by atoms with Gasteiger partial charge in [-0.25, -0.2) is 0 Å². The molecule has 0 spiro atoms. The third kappa shape index (κ3) is 6.54. The highest BCUT2D eigenvalue weighted by Crippen LogP contribution is 2.28. The zero-order valence-electron chi connectivity index (χ0n) is 18.8. The van der Waals surface area contributed by atoms with E-state index >= 15 is 0 Å². The van der Waals surface area contributed by atoms with Crippen molar-refractivity contribution >= 4 is 23.2 Å². The lowest BCUT2D eigenvalue weighted by atomic mass is 10.1. The Kier molecular flexibility index (Phi) is 7.94. The van der Waals surface area contributed by atoms with E-state index in [1.165, 1.54) is 5.56 Å². The maximum Gasteiger partial charge on any atom is 0.255 e. The van der Waals surface area contributed by atoms with Crippen molar-refractivity contribution in [3.63, 3.8) is 0 Å². The second-order valence-electron chi connectivity index (χ2n) is 8.12. The summed E-state index contributed by atoms with van der Waals surface area (Å²) in [6.07, 6.45) is 1.72. The number of carbonyl (C=O) groups excluding carboxylic acids is 1. The first kappa shape index (κ1) is 23.2. The molecule has 1 aliphatic heterocycles. The van der Waals surface area contributed by atoms with Gasteiger partial charge in [0.1, 0.15) is 12.4 Å². The van der Waals surface area contributed by atoms with Crippen LogP contribution in [0.5, 0.6) is 5.75 Å². The predicted octanol–water partition coefficient (Wildman–Crippen LogP) is 4.70. The number of rotatable bonds is 8. The zero-order chi connectivity index (χ0) is 23.0. The molecule has 3 aromatic rings. The number of hydrogen-bond donors (Lipinski definition) is 1. The Balaban J connectivity index is 1.30. The van der Waals surface area contributed by atoms with Gasteiger partial charge in [0.25, 0.3) is 5.91 Å². The molecule has 1 aliphatic rings. The summed E-state index contributed by atoms with van der Waals surface area (Å²) < 4.78 is 5.74. The van der Waals surface area contributed by atoms with E-state index < -0.39 is 0 Å². The average molecular weight is 465 g/mol. The molecule has 2 aromatic carbocycles. The van der Waals surface area contributed by atoms with Gasteiger partial charge >= 0.3 is 0 Å². The fraction of sp³-hybridized carbons (Fsp3) is 0.308. The number of ether oxygens (including phenoxy) is 1. The standard InChI is InChI=1S/C26H29ClN4O2/c1-2-30-13-15-31(16-14-30)18-20-6-8-21(9-7-20)26(32)29-22-10-11-25(24(27)17-22)33-19-23-5-3-4-12-28-23/h3-12,17H,2,13-16,18-19H2,1H3,(H,29,32). The number of aromatic nitrogens is 1. The molecule has 2 heterocycles. The number of hydrogen-bond acceptors (Lipinski definition) is 5. The molecule has 0 unspecified atom stereocenters. The van der Waals surface area contributed by atoms with Gasteiger partial charge in [-0.15, -0.1) is 0 Å². The van der Waals surface area contributed by atoms with Crippen LogP contribution in [0, 0.1) is 0 Å². The van der Waals surface area contributed by atoms with Crippen LogP contribution >= 0.6 is 11.6 Å². The number of nitrogens with one attached hydrogen (secondary N) is 1. The highest BCUT2D eigenvalue weighted by molar-refractivity contribution is 6.32. The first-order valence-electron chi connectivity index (χ1n) is 11.3. The molecule has 0 bridgehead atoms. The average Bonchev–Trinajstić information content (AvgIpc) is 2.85.